The Morgan fingerprint density at radius 3 is 2.75 bits per heavy atom. The fourth-order valence-corrected chi connectivity index (χ4v) is 3.62. The van der Waals surface area contributed by atoms with E-state index in [0.29, 0.717) is 52.7 Å². The first kappa shape index (κ1) is 20.0. The third-order valence-electron chi connectivity index (χ3n) is 5.19. The van der Waals surface area contributed by atoms with E-state index in [-0.39, 0.29) is 12.6 Å². The van der Waals surface area contributed by atoms with E-state index in [1.54, 1.807) is 23.1 Å². The van der Waals surface area contributed by atoms with Gasteiger partial charge >= 0.3 is 5.97 Å². The molecule has 0 unspecified atom stereocenters. The summed E-state index contributed by atoms with van der Waals surface area (Å²) >= 11 is 0. The van der Waals surface area contributed by atoms with Crippen LogP contribution in [0.4, 0.5) is 0 Å². The average molecular weight is 430 g/mol. The molecule has 1 aromatic carbocycles. The highest BCUT2D eigenvalue weighted by atomic mass is 16.6. The van der Waals surface area contributed by atoms with Crippen LogP contribution < -0.4 is 9.47 Å². The summed E-state index contributed by atoms with van der Waals surface area (Å²) in [6.45, 7) is 5.14. The van der Waals surface area contributed by atoms with E-state index in [9.17, 15) is 4.79 Å². The van der Waals surface area contributed by atoms with E-state index < -0.39 is 5.97 Å². The van der Waals surface area contributed by atoms with Crippen LogP contribution in [0.15, 0.2) is 54.9 Å². The van der Waals surface area contributed by atoms with E-state index >= 15 is 0 Å². The molecule has 4 aromatic rings. The second-order valence-electron chi connectivity index (χ2n) is 7.73. The van der Waals surface area contributed by atoms with Crippen LogP contribution >= 0.6 is 0 Å². The van der Waals surface area contributed by atoms with E-state index in [4.69, 9.17) is 19.2 Å². The number of esters is 1. The highest BCUT2D eigenvalue weighted by molar-refractivity contribution is 6.03. The molecular formula is C24H22N4O4. The first-order chi connectivity index (χ1) is 15.6. The van der Waals surface area contributed by atoms with Crippen molar-refractivity contribution in [3.63, 3.8) is 0 Å². The number of hydrogen-bond acceptors (Lipinski definition) is 7. The first-order valence-corrected chi connectivity index (χ1v) is 10.5. The van der Waals surface area contributed by atoms with Crippen LogP contribution in [0.25, 0.3) is 22.3 Å². The summed E-state index contributed by atoms with van der Waals surface area (Å²) in [5, 5.41) is 5.09. The molecule has 0 amide bonds. The number of nitrogens with zero attached hydrogens (tertiary/aromatic N) is 4. The van der Waals surface area contributed by atoms with Crippen LogP contribution in [0, 0.1) is 0 Å². The van der Waals surface area contributed by atoms with Crippen molar-refractivity contribution in [1.82, 2.24) is 19.7 Å². The molecule has 32 heavy (non-hydrogen) atoms. The normalized spacial score (nSPS) is 12.8. The lowest BCUT2D eigenvalue weighted by Crippen LogP contribution is -2.15. The van der Waals surface area contributed by atoms with Crippen molar-refractivity contribution in [3.8, 4) is 22.8 Å². The van der Waals surface area contributed by atoms with E-state index in [1.807, 2.05) is 50.2 Å². The van der Waals surface area contributed by atoms with Gasteiger partial charge in [0.05, 0.1) is 28.5 Å². The van der Waals surface area contributed by atoms with Gasteiger partial charge in [-0.15, -0.1) is 0 Å². The Kier molecular flexibility index (Phi) is 5.18. The molecule has 1 aliphatic heterocycles. The zero-order valence-electron chi connectivity index (χ0n) is 17.8. The molecule has 162 valence electrons. The highest BCUT2D eigenvalue weighted by Gasteiger charge is 2.21. The number of carbonyl (C=O) groups is 1. The van der Waals surface area contributed by atoms with Crippen molar-refractivity contribution in [2.45, 2.75) is 26.5 Å². The molecule has 5 rings (SSSR count). The molecule has 0 bridgehead atoms. The fourth-order valence-electron chi connectivity index (χ4n) is 3.62. The Balaban J connectivity index is 1.56. The molecule has 0 radical (unpaired) electrons. The summed E-state index contributed by atoms with van der Waals surface area (Å²) < 4.78 is 18.7. The van der Waals surface area contributed by atoms with Gasteiger partial charge in [0, 0.05) is 17.8 Å². The number of fused-ring (bicyclic) bond motifs is 2. The Morgan fingerprint density at radius 2 is 1.97 bits per heavy atom. The standard InChI is InChI=1S/C24H22N4O4/c1-15(2)28-23-19(13-26-28)18(24(29)32-14-17-5-3-4-8-25-17)12-20(27-23)16-6-7-21-22(11-16)31-10-9-30-21/h3-8,11-13,15H,9-10,14H2,1-2H3. The number of benzene rings is 1. The maximum absolute atomic E-state index is 13.1. The first-order valence-electron chi connectivity index (χ1n) is 10.5. The van der Waals surface area contributed by atoms with E-state index in [0.717, 1.165) is 5.56 Å². The minimum atomic E-state index is -0.454. The number of ether oxygens (including phenoxy) is 3. The zero-order valence-corrected chi connectivity index (χ0v) is 17.8. The van der Waals surface area contributed by atoms with Crippen molar-refractivity contribution >= 4 is 17.0 Å². The lowest BCUT2D eigenvalue weighted by molar-refractivity contribution is 0.0470. The largest absolute Gasteiger partial charge is 0.486 e. The third-order valence-corrected chi connectivity index (χ3v) is 5.19. The van der Waals surface area contributed by atoms with Gasteiger partial charge in [0.25, 0.3) is 0 Å². The minimum Gasteiger partial charge on any atom is -0.486 e. The van der Waals surface area contributed by atoms with Gasteiger partial charge in [0.1, 0.15) is 19.8 Å². The van der Waals surface area contributed by atoms with Gasteiger partial charge in [0.2, 0.25) is 0 Å². The van der Waals surface area contributed by atoms with Gasteiger partial charge in [-0.05, 0) is 50.2 Å². The van der Waals surface area contributed by atoms with Crippen molar-refractivity contribution in [2.75, 3.05) is 13.2 Å². The molecule has 0 spiro atoms. The molecule has 8 heteroatoms. The van der Waals surface area contributed by atoms with Crippen LogP contribution in [-0.4, -0.2) is 38.9 Å². The summed E-state index contributed by atoms with van der Waals surface area (Å²) in [6.07, 6.45) is 3.33. The van der Waals surface area contributed by atoms with Crippen LogP contribution in [-0.2, 0) is 11.3 Å². The van der Waals surface area contributed by atoms with Crippen LogP contribution in [0.3, 0.4) is 0 Å². The maximum atomic E-state index is 13.1. The van der Waals surface area contributed by atoms with Gasteiger partial charge in [-0.25, -0.2) is 14.5 Å². The molecule has 0 saturated heterocycles. The topological polar surface area (TPSA) is 88.4 Å². The van der Waals surface area contributed by atoms with Crippen LogP contribution in [0.5, 0.6) is 11.5 Å². The smallest absolute Gasteiger partial charge is 0.339 e. The summed E-state index contributed by atoms with van der Waals surface area (Å²) in [7, 11) is 0. The molecular weight excluding hydrogens is 408 g/mol. The van der Waals surface area contributed by atoms with E-state index in [2.05, 4.69) is 10.1 Å². The molecule has 0 N–H and O–H groups in total. The Morgan fingerprint density at radius 1 is 1.12 bits per heavy atom. The lowest BCUT2D eigenvalue weighted by atomic mass is 10.1. The SMILES string of the molecule is CC(C)n1ncc2c(C(=O)OCc3ccccn3)cc(-c3ccc4c(c3)OCCO4)nc21. The van der Waals surface area contributed by atoms with E-state index in [1.165, 1.54) is 0 Å². The summed E-state index contributed by atoms with van der Waals surface area (Å²) in [5.74, 6) is 0.903. The number of rotatable bonds is 5. The molecule has 1 aliphatic rings. The molecule has 0 aliphatic carbocycles. The molecule has 8 nitrogen and oxygen atoms in total. The van der Waals surface area contributed by atoms with Crippen molar-refractivity contribution in [2.24, 2.45) is 0 Å². The van der Waals surface area contributed by atoms with Crippen molar-refractivity contribution in [1.29, 1.82) is 0 Å². The Labute approximate surface area is 184 Å². The average Bonchev–Trinajstić information content (AvgIpc) is 3.26. The zero-order chi connectivity index (χ0) is 22.1. The molecule has 4 heterocycles. The molecule has 0 saturated carbocycles. The van der Waals surface area contributed by atoms with Gasteiger partial charge in [0.15, 0.2) is 17.1 Å². The Hall–Kier alpha value is -3.94. The summed E-state index contributed by atoms with van der Waals surface area (Å²) in [4.78, 5) is 22.1. The van der Waals surface area contributed by atoms with Gasteiger partial charge in [-0.3, -0.25) is 4.98 Å². The molecule has 0 atom stereocenters. The monoisotopic (exact) mass is 430 g/mol. The molecule has 3 aromatic heterocycles. The Bertz CT molecular complexity index is 1280. The predicted molar refractivity (Wildman–Crippen MR) is 118 cm³/mol. The van der Waals surface area contributed by atoms with Crippen LogP contribution in [0.2, 0.25) is 0 Å². The lowest BCUT2D eigenvalue weighted by Gasteiger charge is -2.19. The van der Waals surface area contributed by atoms with Crippen LogP contribution in [0.1, 0.15) is 35.9 Å². The maximum Gasteiger partial charge on any atom is 0.339 e. The third kappa shape index (κ3) is 3.75. The number of aromatic nitrogens is 4. The second-order valence-corrected chi connectivity index (χ2v) is 7.73. The minimum absolute atomic E-state index is 0.0768. The van der Waals surface area contributed by atoms with Gasteiger partial charge < -0.3 is 14.2 Å². The second kappa shape index (κ2) is 8.30. The van der Waals surface area contributed by atoms with Crippen molar-refractivity contribution < 1.29 is 19.0 Å². The summed E-state index contributed by atoms with van der Waals surface area (Å²) in [6, 6.07) is 12.9. The van der Waals surface area contributed by atoms with Crippen molar-refractivity contribution in [3.05, 3.63) is 66.1 Å². The summed E-state index contributed by atoms with van der Waals surface area (Å²) in [5.41, 5.74) is 3.14. The van der Waals surface area contributed by atoms with Gasteiger partial charge in [-0.2, -0.15) is 5.10 Å². The highest BCUT2D eigenvalue weighted by Crippen LogP contribution is 2.35. The molecule has 0 fully saturated rings. The fraction of sp³-hybridized carbons (Fsp3) is 0.250. The number of pyridine rings is 2. The number of carbonyl (C=O) groups excluding carboxylic acids is 1. The van der Waals surface area contributed by atoms with Gasteiger partial charge in [-0.1, -0.05) is 6.07 Å². The number of hydrogen-bond donors (Lipinski definition) is 0. The predicted octanol–water partition coefficient (Wildman–Crippen LogP) is 4.20. The quantitative estimate of drug-likeness (QED) is 0.438.